The van der Waals surface area contributed by atoms with E-state index in [4.69, 9.17) is 0 Å². The van der Waals surface area contributed by atoms with Crippen molar-refractivity contribution in [2.24, 2.45) is 0 Å². The van der Waals surface area contributed by atoms with Gasteiger partial charge in [-0.05, 0) is 6.92 Å². The molecule has 0 unspecified atom stereocenters. The summed E-state index contributed by atoms with van der Waals surface area (Å²) < 4.78 is 29.5. The number of aromatic amines is 1. The van der Waals surface area contributed by atoms with Gasteiger partial charge in [-0.15, -0.1) is 0 Å². The highest BCUT2D eigenvalue weighted by atomic mass is 32.2. The highest BCUT2D eigenvalue weighted by Gasteiger charge is 2.17. The van der Waals surface area contributed by atoms with Gasteiger partial charge in [-0.3, -0.25) is 4.79 Å². The molecule has 0 amide bonds. The van der Waals surface area contributed by atoms with Crippen LogP contribution in [0.1, 0.15) is 12.7 Å². The smallest absolute Gasteiger partial charge is 0.322 e. The summed E-state index contributed by atoms with van der Waals surface area (Å²) in [5, 5.41) is 0. The lowest BCUT2D eigenvalue weighted by Gasteiger charge is -2.04. The summed E-state index contributed by atoms with van der Waals surface area (Å²) in [5.74, 6) is -0.969. The van der Waals surface area contributed by atoms with Crippen LogP contribution < -0.4 is 4.72 Å². The van der Waals surface area contributed by atoms with Crippen LogP contribution in [-0.4, -0.2) is 36.7 Å². The number of ether oxygens (including phenoxy) is 1. The molecule has 0 saturated carbocycles. The maximum absolute atomic E-state index is 11.4. The molecule has 16 heavy (non-hydrogen) atoms. The number of sulfonamides is 1. The Morgan fingerprint density at radius 3 is 2.94 bits per heavy atom. The third-order valence-corrected chi connectivity index (χ3v) is 2.83. The Hall–Kier alpha value is -1.41. The second-order valence-electron chi connectivity index (χ2n) is 2.92. The molecule has 0 spiro atoms. The average Bonchev–Trinajstić information content (AvgIpc) is 2.66. The molecule has 0 atom stereocenters. The van der Waals surface area contributed by atoms with Gasteiger partial charge in [-0.2, -0.15) is 0 Å². The second-order valence-corrected chi connectivity index (χ2v) is 4.73. The Bertz CT molecular complexity index is 426. The van der Waals surface area contributed by atoms with Crippen molar-refractivity contribution in [1.29, 1.82) is 0 Å². The van der Waals surface area contributed by atoms with Crippen LogP contribution in [0.15, 0.2) is 12.4 Å². The number of aromatic nitrogens is 2. The van der Waals surface area contributed by atoms with E-state index in [-0.39, 0.29) is 13.2 Å². The highest BCUT2D eigenvalue weighted by Crippen LogP contribution is 1.92. The second kappa shape index (κ2) is 5.61. The quantitative estimate of drug-likeness (QED) is 0.653. The Kier molecular flexibility index (Phi) is 4.44. The van der Waals surface area contributed by atoms with Gasteiger partial charge in [0.1, 0.15) is 5.82 Å². The van der Waals surface area contributed by atoms with Crippen molar-refractivity contribution >= 4 is 16.0 Å². The maximum atomic E-state index is 11.4. The zero-order valence-corrected chi connectivity index (χ0v) is 9.58. The molecule has 0 aromatic carbocycles. The van der Waals surface area contributed by atoms with Gasteiger partial charge in [0.25, 0.3) is 0 Å². The van der Waals surface area contributed by atoms with Gasteiger partial charge >= 0.3 is 5.97 Å². The SMILES string of the molecule is CCOC(=O)CS(=O)(=O)NCc1ncc[nH]1. The van der Waals surface area contributed by atoms with E-state index in [0.29, 0.717) is 5.82 Å². The van der Waals surface area contributed by atoms with Crippen molar-refractivity contribution in [3.05, 3.63) is 18.2 Å². The number of nitrogens with one attached hydrogen (secondary N) is 2. The Labute approximate surface area is 93.3 Å². The number of esters is 1. The molecule has 0 fully saturated rings. The van der Waals surface area contributed by atoms with E-state index in [0.717, 1.165) is 0 Å². The Balaban J connectivity index is 2.43. The average molecular weight is 247 g/mol. The van der Waals surface area contributed by atoms with E-state index in [1.54, 1.807) is 13.1 Å². The van der Waals surface area contributed by atoms with Crippen molar-refractivity contribution in [2.45, 2.75) is 13.5 Å². The van der Waals surface area contributed by atoms with Crippen LogP contribution in [0.5, 0.6) is 0 Å². The number of carbonyl (C=O) groups is 1. The van der Waals surface area contributed by atoms with Crippen LogP contribution in [0.4, 0.5) is 0 Å². The van der Waals surface area contributed by atoms with E-state index in [1.165, 1.54) is 6.20 Å². The number of hydrogen-bond donors (Lipinski definition) is 2. The van der Waals surface area contributed by atoms with Crippen molar-refractivity contribution in [2.75, 3.05) is 12.4 Å². The summed E-state index contributed by atoms with van der Waals surface area (Å²) in [4.78, 5) is 17.5. The van der Waals surface area contributed by atoms with Crippen LogP contribution in [0.2, 0.25) is 0 Å². The first kappa shape index (κ1) is 12.7. The molecule has 0 bridgehead atoms. The van der Waals surface area contributed by atoms with Gasteiger partial charge < -0.3 is 9.72 Å². The fourth-order valence-electron chi connectivity index (χ4n) is 0.982. The van der Waals surface area contributed by atoms with E-state index in [2.05, 4.69) is 19.4 Å². The Morgan fingerprint density at radius 1 is 1.62 bits per heavy atom. The standard InChI is InChI=1S/C8H13N3O4S/c1-2-15-8(12)6-16(13,14)11-5-7-9-3-4-10-7/h3-4,11H,2,5-6H2,1H3,(H,9,10). The van der Waals surface area contributed by atoms with Gasteiger partial charge in [0.2, 0.25) is 10.0 Å². The van der Waals surface area contributed by atoms with Crippen LogP contribution in [0, 0.1) is 0 Å². The largest absolute Gasteiger partial charge is 0.465 e. The minimum Gasteiger partial charge on any atom is -0.465 e. The van der Waals surface area contributed by atoms with Crippen LogP contribution in [-0.2, 0) is 26.1 Å². The first-order valence-electron chi connectivity index (χ1n) is 4.64. The first-order chi connectivity index (χ1) is 7.53. The topological polar surface area (TPSA) is 101 Å². The number of nitrogens with zero attached hydrogens (tertiary/aromatic N) is 1. The first-order valence-corrected chi connectivity index (χ1v) is 6.30. The fraction of sp³-hybridized carbons (Fsp3) is 0.500. The van der Waals surface area contributed by atoms with E-state index in [9.17, 15) is 13.2 Å². The number of hydrogen-bond acceptors (Lipinski definition) is 5. The number of H-pyrrole nitrogens is 1. The zero-order chi connectivity index (χ0) is 12.0. The maximum Gasteiger partial charge on any atom is 0.322 e. The summed E-state index contributed by atoms with van der Waals surface area (Å²) in [5.41, 5.74) is 0. The third-order valence-electron chi connectivity index (χ3n) is 1.63. The summed E-state index contributed by atoms with van der Waals surface area (Å²) in [6.45, 7) is 1.79. The van der Waals surface area contributed by atoms with Gasteiger partial charge in [-0.25, -0.2) is 18.1 Å². The van der Waals surface area contributed by atoms with E-state index < -0.39 is 21.7 Å². The zero-order valence-electron chi connectivity index (χ0n) is 8.76. The van der Waals surface area contributed by atoms with Gasteiger partial charge in [0.05, 0.1) is 13.2 Å². The van der Waals surface area contributed by atoms with Crippen LogP contribution in [0.25, 0.3) is 0 Å². The normalized spacial score (nSPS) is 11.3. The molecule has 0 aliphatic rings. The Morgan fingerprint density at radius 2 is 2.38 bits per heavy atom. The lowest BCUT2D eigenvalue weighted by molar-refractivity contribution is -0.139. The predicted octanol–water partition coefficient (Wildman–Crippen LogP) is -0.608. The number of rotatable bonds is 6. The van der Waals surface area contributed by atoms with Crippen LogP contribution >= 0.6 is 0 Å². The molecular weight excluding hydrogens is 234 g/mol. The molecule has 7 nitrogen and oxygen atoms in total. The summed E-state index contributed by atoms with van der Waals surface area (Å²) in [7, 11) is -3.66. The van der Waals surface area contributed by atoms with Gasteiger partial charge in [0.15, 0.2) is 5.75 Å². The number of carbonyl (C=O) groups excluding carboxylic acids is 1. The van der Waals surface area contributed by atoms with Crippen molar-refractivity contribution in [3.8, 4) is 0 Å². The molecule has 2 N–H and O–H groups in total. The van der Waals surface area contributed by atoms with Crippen molar-refractivity contribution in [3.63, 3.8) is 0 Å². The highest BCUT2D eigenvalue weighted by molar-refractivity contribution is 7.90. The van der Waals surface area contributed by atoms with Crippen LogP contribution in [0.3, 0.4) is 0 Å². The molecule has 1 rings (SSSR count). The molecule has 0 aliphatic heterocycles. The van der Waals surface area contributed by atoms with E-state index in [1.807, 2.05) is 0 Å². The van der Waals surface area contributed by atoms with Crippen molar-refractivity contribution in [1.82, 2.24) is 14.7 Å². The molecule has 90 valence electrons. The molecule has 0 aliphatic carbocycles. The molecule has 8 heteroatoms. The van der Waals surface area contributed by atoms with E-state index >= 15 is 0 Å². The molecule has 1 heterocycles. The third kappa shape index (κ3) is 4.41. The molecule has 0 radical (unpaired) electrons. The summed E-state index contributed by atoms with van der Waals surface area (Å²) >= 11 is 0. The van der Waals surface area contributed by atoms with Gasteiger partial charge in [-0.1, -0.05) is 0 Å². The lowest BCUT2D eigenvalue weighted by Crippen LogP contribution is -2.30. The lowest BCUT2D eigenvalue weighted by atomic mass is 10.6. The number of imidazole rings is 1. The molecular formula is C8H13N3O4S. The van der Waals surface area contributed by atoms with Crippen molar-refractivity contribution < 1.29 is 17.9 Å². The fourth-order valence-corrected chi connectivity index (χ4v) is 1.83. The predicted molar refractivity (Wildman–Crippen MR) is 55.8 cm³/mol. The van der Waals surface area contributed by atoms with Gasteiger partial charge in [0, 0.05) is 12.4 Å². The summed E-state index contributed by atoms with van der Waals surface area (Å²) in [6, 6.07) is 0. The molecule has 0 saturated heterocycles. The minimum atomic E-state index is -3.66. The molecule has 1 aromatic heterocycles. The molecule has 1 aromatic rings. The summed E-state index contributed by atoms with van der Waals surface area (Å²) in [6.07, 6.45) is 3.09. The minimum absolute atomic E-state index is 0.0226. The monoisotopic (exact) mass is 247 g/mol.